The van der Waals surface area contributed by atoms with Gasteiger partial charge in [0.2, 0.25) is 0 Å². The van der Waals surface area contributed by atoms with E-state index in [1.807, 2.05) is 19.1 Å². The molecule has 3 nitrogen and oxygen atoms in total. The fraction of sp³-hybridized carbons (Fsp3) is 0.533. The van der Waals surface area contributed by atoms with Gasteiger partial charge in [-0.1, -0.05) is 18.2 Å². The van der Waals surface area contributed by atoms with Crippen LogP contribution in [0.5, 0.6) is 0 Å². The lowest BCUT2D eigenvalue weighted by atomic mass is 9.93. The number of para-hydroxylation sites is 1. The first-order valence-electron chi connectivity index (χ1n) is 6.67. The van der Waals surface area contributed by atoms with E-state index in [1.165, 1.54) is 7.11 Å². The highest BCUT2D eigenvalue weighted by Crippen LogP contribution is 2.28. The molecule has 118 valence electrons. The first-order valence-corrected chi connectivity index (χ1v) is 6.67. The number of alkyl halides is 3. The van der Waals surface area contributed by atoms with Gasteiger partial charge in [-0.25, -0.2) is 4.79 Å². The van der Waals surface area contributed by atoms with Crippen molar-refractivity contribution in [2.24, 2.45) is 0 Å². The molecule has 0 aliphatic carbocycles. The Labute approximate surface area is 122 Å². The van der Waals surface area contributed by atoms with Crippen LogP contribution in [0.1, 0.15) is 31.7 Å². The summed E-state index contributed by atoms with van der Waals surface area (Å²) >= 11 is 0. The van der Waals surface area contributed by atoms with Crippen molar-refractivity contribution in [3.63, 3.8) is 0 Å². The molecule has 0 heterocycles. The second-order valence-electron chi connectivity index (χ2n) is 5.23. The fourth-order valence-electron chi connectivity index (χ4n) is 2.09. The number of anilines is 1. The summed E-state index contributed by atoms with van der Waals surface area (Å²) in [5.74, 6) is -0.576. The minimum absolute atomic E-state index is 0.0352. The molecule has 0 radical (unpaired) electrons. The largest absolute Gasteiger partial charge is 0.467 e. The summed E-state index contributed by atoms with van der Waals surface area (Å²) in [6, 6.07) is 7.28. The minimum Gasteiger partial charge on any atom is -0.467 e. The predicted octanol–water partition coefficient (Wildman–Crippen LogP) is 4.07. The number of methoxy groups -OCH3 is 1. The standard InChI is InChI=1S/C15H20F3NO2/c1-11-7-4-5-8-12(11)19-14(2,13(20)21-3)9-6-10-15(16,17)18/h4-5,7-8,19H,6,9-10H2,1-3H3. The molecule has 1 unspecified atom stereocenters. The number of rotatable bonds is 6. The minimum atomic E-state index is -4.22. The summed E-state index contributed by atoms with van der Waals surface area (Å²) in [6.45, 7) is 3.41. The van der Waals surface area contributed by atoms with E-state index in [4.69, 9.17) is 4.74 Å². The van der Waals surface area contributed by atoms with Crippen molar-refractivity contribution in [1.82, 2.24) is 0 Å². The van der Waals surface area contributed by atoms with Crippen molar-refractivity contribution in [3.8, 4) is 0 Å². The fourth-order valence-corrected chi connectivity index (χ4v) is 2.09. The van der Waals surface area contributed by atoms with Gasteiger partial charge in [-0.05, 0) is 38.3 Å². The van der Waals surface area contributed by atoms with Crippen LogP contribution in [0.25, 0.3) is 0 Å². The lowest BCUT2D eigenvalue weighted by Crippen LogP contribution is -2.44. The second-order valence-corrected chi connectivity index (χ2v) is 5.23. The molecule has 1 aromatic carbocycles. The van der Waals surface area contributed by atoms with Crippen LogP contribution in [-0.4, -0.2) is 24.8 Å². The van der Waals surface area contributed by atoms with Gasteiger partial charge in [0.1, 0.15) is 5.54 Å². The number of benzene rings is 1. The molecule has 1 N–H and O–H groups in total. The van der Waals surface area contributed by atoms with Gasteiger partial charge in [-0.15, -0.1) is 0 Å². The maximum Gasteiger partial charge on any atom is 0.389 e. The molecule has 0 aliphatic heterocycles. The number of halogens is 3. The molecule has 1 rings (SSSR count). The van der Waals surface area contributed by atoms with Crippen molar-refractivity contribution < 1.29 is 22.7 Å². The van der Waals surface area contributed by atoms with E-state index in [0.29, 0.717) is 5.69 Å². The molecule has 1 atom stereocenters. The highest BCUT2D eigenvalue weighted by Gasteiger charge is 2.36. The van der Waals surface area contributed by atoms with Gasteiger partial charge in [0.25, 0.3) is 0 Å². The van der Waals surface area contributed by atoms with Gasteiger partial charge < -0.3 is 10.1 Å². The van der Waals surface area contributed by atoms with Crippen molar-refractivity contribution in [2.45, 2.75) is 44.8 Å². The zero-order valence-corrected chi connectivity index (χ0v) is 12.4. The molecular formula is C15H20F3NO2. The number of hydrogen-bond donors (Lipinski definition) is 1. The smallest absolute Gasteiger partial charge is 0.389 e. The number of hydrogen-bond acceptors (Lipinski definition) is 3. The molecule has 0 amide bonds. The molecule has 0 spiro atoms. The van der Waals surface area contributed by atoms with Crippen LogP contribution in [0.4, 0.5) is 18.9 Å². The Kier molecular flexibility index (Phi) is 5.63. The van der Waals surface area contributed by atoms with Crippen molar-refractivity contribution in [2.75, 3.05) is 12.4 Å². The number of aryl methyl sites for hydroxylation is 1. The van der Waals surface area contributed by atoms with Gasteiger partial charge in [-0.3, -0.25) is 0 Å². The van der Waals surface area contributed by atoms with Crippen LogP contribution in [0.2, 0.25) is 0 Å². The number of ether oxygens (including phenoxy) is 1. The summed E-state index contributed by atoms with van der Waals surface area (Å²) in [7, 11) is 1.23. The maximum absolute atomic E-state index is 12.3. The van der Waals surface area contributed by atoms with Gasteiger partial charge in [0, 0.05) is 12.1 Å². The third-order valence-electron chi connectivity index (χ3n) is 3.33. The molecule has 6 heteroatoms. The number of carbonyl (C=O) groups excluding carboxylic acids is 1. The zero-order chi connectivity index (χ0) is 16.1. The van der Waals surface area contributed by atoms with Crippen LogP contribution in [0.3, 0.4) is 0 Å². The van der Waals surface area contributed by atoms with Gasteiger partial charge in [-0.2, -0.15) is 13.2 Å². The highest BCUT2D eigenvalue weighted by atomic mass is 19.4. The highest BCUT2D eigenvalue weighted by molar-refractivity contribution is 5.84. The van der Waals surface area contributed by atoms with Crippen molar-refractivity contribution in [3.05, 3.63) is 29.8 Å². The van der Waals surface area contributed by atoms with Crippen LogP contribution < -0.4 is 5.32 Å². The van der Waals surface area contributed by atoms with Gasteiger partial charge in [0.15, 0.2) is 0 Å². The van der Waals surface area contributed by atoms with E-state index in [2.05, 4.69) is 5.32 Å². The average Bonchev–Trinajstić information content (AvgIpc) is 2.39. The van der Waals surface area contributed by atoms with E-state index in [-0.39, 0.29) is 12.8 Å². The number of nitrogens with one attached hydrogen (secondary N) is 1. The van der Waals surface area contributed by atoms with E-state index in [0.717, 1.165) is 5.56 Å². The van der Waals surface area contributed by atoms with Crippen LogP contribution in [-0.2, 0) is 9.53 Å². The third-order valence-corrected chi connectivity index (χ3v) is 3.33. The Balaban J connectivity index is 2.84. The van der Waals surface area contributed by atoms with Gasteiger partial charge in [0.05, 0.1) is 7.11 Å². The predicted molar refractivity (Wildman–Crippen MR) is 75.1 cm³/mol. The first kappa shape index (κ1) is 17.3. The van der Waals surface area contributed by atoms with Crippen LogP contribution >= 0.6 is 0 Å². The average molecular weight is 303 g/mol. The van der Waals surface area contributed by atoms with Crippen molar-refractivity contribution >= 4 is 11.7 Å². The number of carbonyl (C=O) groups is 1. The molecule has 21 heavy (non-hydrogen) atoms. The Morgan fingerprint density at radius 2 is 1.86 bits per heavy atom. The van der Waals surface area contributed by atoms with Crippen molar-refractivity contribution in [1.29, 1.82) is 0 Å². The summed E-state index contributed by atoms with van der Waals surface area (Å²) in [4.78, 5) is 11.9. The van der Waals surface area contributed by atoms with Crippen LogP contribution in [0.15, 0.2) is 24.3 Å². The quantitative estimate of drug-likeness (QED) is 0.805. The monoisotopic (exact) mass is 303 g/mol. The third kappa shape index (κ3) is 5.28. The number of esters is 1. The zero-order valence-electron chi connectivity index (χ0n) is 12.4. The molecule has 0 fully saturated rings. The molecule has 0 saturated heterocycles. The molecular weight excluding hydrogens is 283 g/mol. The topological polar surface area (TPSA) is 38.3 Å². The normalized spacial score (nSPS) is 14.4. The first-order chi connectivity index (χ1) is 9.68. The lowest BCUT2D eigenvalue weighted by Gasteiger charge is -2.30. The molecule has 0 saturated carbocycles. The summed E-state index contributed by atoms with van der Waals surface area (Å²) in [5.41, 5.74) is 0.424. The summed E-state index contributed by atoms with van der Waals surface area (Å²) in [6.07, 6.45) is -5.25. The molecule has 0 aliphatic rings. The Bertz CT molecular complexity index is 488. The van der Waals surface area contributed by atoms with E-state index < -0.39 is 24.1 Å². The second kappa shape index (κ2) is 6.83. The Morgan fingerprint density at radius 1 is 1.24 bits per heavy atom. The van der Waals surface area contributed by atoms with E-state index in [9.17, 15) is 18.0 Å². The van der Waals surface area contributed by atoms with Crippen LogP contribution in [0, 0.1) is 6.92 Å². The summed E-state index contributed by atoms with van der Waals surface area (Å²) in [5, 5.41) is 3.02. The SMILES string of the molecule is COC(=O)C(C)(CCCC(F)(F)F)Nc1ccccc1C. The van der Waals surface area contributed by atoms with E-state index in [1.54, 1.807) is 19.1 Å². The lowest BCUT2D eigenvalue weighted by molar-refractivity contribution is -0.148. The molecule has 0 bridgehead atoms. The Morgan fingerprint density at radius 3 is 2.38 bits per heavy atom. The van der Waals surface area contributed by atoms with Gasteiger partial charge >= 0.3 is 12.1 Å². The molecule has 0 aromatic heterocycles. The summed E-state index contributed by atoms with van der Waals surface area (Å²) < 4.78 is 41.5. The Hall–Kier alpha value is -1.72. The maximum atomic E-state index is 12.3. The molecule has 1 aromatic rings. The van der Waals surface area contributed by atoms with E-state index >= 15 is 0 Å².